The van der Waals surface area contributed by atoms with E-state index in [0.717, 1.165) is 3.65 Å². The molecule has 0 aromatic rings. The van der Waals surface area contributed by atoms with Crippen molar-refractivity contribution in [1.82, 2.24) is 0 Å². The Morgan fingerprint density at radius 1 is 2.00 bits per heavy atom. The number of hydrogen-bond donors (Lipinski definition) is 1. The molecule has 0 saturated heterocycles. The van der Waals surface area contributed by atoms with Crippen molar-refractivity contribution < 1.29 is 0 Å². The molecule has 0 aliphatic rings. The third-order valence-electron chi connectivity index (χ3n) is 0.203. The molecular formula is C2H6AsNS. The number of hydrogen-bond acceptors (Lipinski definition) is 2. The Hall–Kier alpha value is 0.608. The molecule has 0 radical (unpaired) electrons. The quantitative estimate of drug-likeness (QED) is 0.409. The monoisotopic (exact) mass is 151 g/mol. The van der Waals surface area contributed by atoms with Crippen molar-refractivity contribution in [3.8, 4) is 0 Å². The van der Waals surface area contributed by atoms with Gasteiger partial charge in [0.15, 0.2) is 0 Å². The normalized spacial score (nSPS) is 10.0. The fourth-order valence-electron chi connectivity index (χ4n) is 0. The van der Waals surface area contributed by atoms with E-state index in [9.17, 15) is 0 Å². The molecule has 3 heteroatoms. The fraction of sp³-hybridized carbons (Fsp3) is 0.500. The summed E-state index contributed by atoms with van der Waals surface area (Å²) in [6.07, 6.45) is 0. The average Bonchev–Trinajstić information content (AvgIpc) is 1.38. The Balaban J connectivity index is 2.85. The second kappa shape index (κ2) is 2.83. The summed E-state index contributed by atoms with van der Waals surface area (Å²) >= 11 is 4.30. The maximum atomic E-state index is 5.16. The Morgan fingerprint density at radius 3 is 2.20 bits per heavy atom. The van der Waals surface area contributed by atoms with E-state index in [-0.39, 0.29) is 16.0 Å². The van der Waals surface area contributed by atoms with Crippen LogP contribution >= 0.6 is 12.2 Å². The van der Waals surface area contributed by atoms with Gasteiger partial charge in [0.25, 0.3) is 0 Å². The summed E-state index contributed by atoms with van der Waals surface area (Å²) in [6.45, 7) is 1.88. The van der Waals surface area contributed by atoms with Gasteiger partial charge in [0.2, 0.25) is 0 Å². The van der Waals surface area contributed by atoms with Crippen molar-refractivity contribution in [2.45, 2.75) is 6.92 Å². The molecule has 0 bridgehead atoms. The van der Waals surface area contributed by atoms with Gasteiger partial charge in [-0.1, -0.05) is 0 Å². The molecule has 0 aliphatic heterocycles. The molecule has 1 unspecified atom stereocenters. The van der Waals surface area contributed by atoms with Gasteiger partial charge < -0.3 is 0 Å². The van der Waals surface area contributed by atoms with Gasteiger partial charge in [-0.2, -0.15) is 0 Å². The van der Waals surface area contributed by atoms with Gasteiger partial charge in [-0.25, -0.2) is 0 Å². The molecule has 0 spiro atoms. The summed E-state index contributed by atoms with van der Waals surface area (Å²) in [5.41, 5.74) is 0. The molecule has 0 aromatic carbocycles. The van der Waals surface area contributed by atoms with Crippen LogP contribution in [0.25, 0.3) is 0 Å². The molecule has 30 valence electrons. The van der Waals surface area contributed by atoms with Gasteiger partial charge in [-0.05, 0) is 0 Å². The van der Waals surface area contributed by atoms with Crippen LogP contribution in [0.2, 0.25) is 0 Å². The van der Waals surface area contributed by atoms with E-state index < -0.39 is 0 Å². The second-order valence-corrected chi connectivity index (χ2v) is 4.25. The predicted molar refractivity (Wildman–Crippen MR) is 29.6 cm³/mol. The van der Waals surface area contributed by atoms with Crippen molar-refractivity contribution >= 4 is 31.8 Å². The van der Waals surface area contributed by atoms with E-state index in [1.807, 2.05) is 6.92 Å². The molecule has 0 heterocycles. The summed E-state index contributed by atoms with van der Waals surface area (Å²) in [5, 5.41) is 0. The van der Waals surface area contributed by atoms with E-state index in [1.54, 1.807) is 0 Å². The van der Waals surface area contributed by atoms with Crippen molar-refractivity contribution in [1.29, 1.82) is 0 Å². The summed E-state index contributed by atoms with van der Waals surface area (Å²) in [5.74, 6) is 0. The van der Waals surface area contributed by atoms with Crippen LogP contribution in [-0.4, -0.2) is 19.6 Å². The van der Waals surface area contributed by atoms with Crippen LogP contribution in [0.4, 0.5) is 0 Å². The van der Waals surface area contributed by atoms with Gasteiger partial charge in [0.1, 0.15) is 0 Å². The first-order valence-electron chi connectivity index (χ1n) is 1.24. The van der Waals surface area contributed by atoms with Crippen LogP contribution < -0.4 is 4.65 Å². The zero-order chi connectivity index (χ0) is 4.28. The molecule has 0 saturated carbocycles. The minimum atomic E-state index is -0.324. The Labute approximate surface area is 43.8 Å². The molecule has 1 nitrogen and oxygen atoms in total. The zero-order valence-corrected chi connectivity index (χ0v) is 5.90. The SMILES string of the molecule is CC(=S)[AsH]N. The summed E-state index contributed by atoms with van der Waals surface area (Å²) < 4.78 is 6.15. The average molecular weight is 151 g/mol. The standard InChI is InChI=1S/C2H6AsNS/c1-2(5)3-4/h3H,4H2,1H3. The summed E-state index contributed by atoms with van der Waals surface area (Å²) in [6, 6.07) is 0. The van der Waals surface area contributed by atoms with E-state index in [2.05, 4.69) is 12.2 Å². The molecule has 0 rings (SSSR count). The Kier molecular flexibility index (Phi) is 3.17. The van der Waals surface area contributed by atoms with Gasteiger partial charge in [0.05, 0.1) is 0 Å². The minimum absolute atomic E-state index is 0.324. The number of nitrogens with two attached hydrogens (primary N) is 1. The van der Waals surface area contributed by atoms with E-state index >= 15 is 0 Å². The van der Waals surface area contributed by atoms with Crippen LogP contribution in [0, 0.1) is 0 Å². The van der Waals surface area contributed by atoms with Crippen LogP contribution in [0.1, 0.15) is 6.92 Å². The van der Waals surface area contributed by atoms with Crippen molar-refractivity contribution in [3.63, 3.8) is 0 Å². The first-order valence-corrected chi connectivity index (χ1v) is 3.91. The summed E-state index contributed by atoms with van der Waals surface area (Å²) in [4.78, 5) is 0. The van der Waals surface area contributed by atoms with E-state index in [1.165, 1.54) is 0 Å². The van der Waals surface area contributed by atoms with Crippen molar-refractivity contribution in [3.05, 3.63) is 0 Å². The van der Waals surface area contributed by atoms with Crippen molar-refractivity contribution in [2.24, 2.45) is 4.65 Å². The first kappa shape index (κ1) is 5.61. The topological polar surface area (TPSA) is 26.0 Å². The molecule has 0 aliphatic carbocycles. The number of rotatable bonds is 1. The molecule has 1 atom stereocenters. The molecule has 0 fully saturated rings. The van der Waals surface area contributed by atoms with E-state index in [4.69, 9.17) is 4.65 Å². The molecular weight excluding hydrogens is 145 g/mol. The summed E-state index contributed by atoms with van der Waals surface area (Å²) in [7, 11) is 0. The van der Waals surface area contributed by atoms with Gasteiger partial charge in [-0.3, -0.25) is 0 Å². The van der Waals surface area contributed by atoms with Crippen LogP contribution in [-0.2, 0) is 0 Å². The fourth-order valence-corrected chi connectivity index (χ4v) is 0. The first-order chi connectivity index (χ1) is 2.27. The molecule has 0 amide bonds. The third-order valence-corrected chi connectivity index (χ3v) is 1.67. The molecule has 0 aromatic heterocycles. The van der Waals surface area contributed by atoms with Crippen molar-refractivity contribution in [2.75, 3.05) is 0 Å². The van der Waals surface area contributed by atoms with Gasteiger partial charge in [0, 0.05) is 0 Å². The Bertz CT molecular complexity index is 44.9. The molecule has 5 heavy (non-hydrogen) atoms. The van der Waals surface area contributed by atoms with E-state index in [0.29, 0.717) is 0 Å². The predicted octanol–water partition coefficient (Wildman–Crippen LogP) is -0.356. The van der Waals surface area contributed by atoms with Crippen LogP contribution in [0.5, 0.6) is 0 Å². The van der Waals surface area contributed by atoms with Gasteiger partial charge >= 0.3 is 43.4 Å². The van der Waals surface area contributed by atoms with Gasteiger partial charge in [-0.15, -0.1) is 0 Å². The maximum absolute atomic E-state index is 5.16. The zero-order valence-electron chi connectivity index (χ0n) is 2.99. The number of thiocarbonyl (C=S) groups is 1. The Morgan fingerprint density at radius 2 is 2.20 bits per heavy atom. The molecule has 2 N–H and O–H groups in total. The van der Waals surface area contributed by atoms with Crippen LogP contribution in [0.15, 0.2) is 0 Å². The third kappa shape index (κ3) is 4.61. The second-order valence-electron chi connectivity index (χ2n) is 0.701. The van der Waals surface area contributed by atoms with Crippen LogP contribution in [0.3, 0.4) is 0 Å².